The van der Waals surface area contributed by atoms with E-state index >= 15 is 0 Å². The van der Waals surface area contributed by atoms with Gasteiger partial charge in [0.15, 0.2) is 0 Å². The lowest BCUT2D eigenvalue weighted by atomic mass is 10.2. The highest BCUT2D eigenvalue weighted by Gasteiger charge is 2.08. The van der Waals surface area contributed by atoms with Crippen LogP contribution >= 0.6 is 27.3 Å². The molecule has 0 amide bonds. The van der Waals surface area contributed by atoms with Crippen molar-refractivity contribution >= 4 is 43.3 Å². The number of aromatic nitrogens is 4. The molecule has 0 spiro atoms. The minimum Gasteiger partial charge on any atom is -0.298 e. The molecular weight excluding hydrogens is 344 g/mol. The summed E-state index contributed by atoms with van der Waals surface area (Å²) in [6, 6.07) is 5.41. The van der Waals surface area contributed by atoms with E-state index in [1.165, 1.54) is 22.2 Å². The Morgan fingerprint density at radius 1 is 1.40 bits per heavy atom. The van der Waals surface area contributed by atoms with Crippen molar-refractivity contribution in [2.24, 2.45) is 5.84 Å². The highest BCUT2D eigenvalue weighted by atomic mass is 79.9. The average molecular weight is 353 g/mol. The van der Waals surface area contributed by atoms with E-state index in [9.17, 15) is 4.79 Å². The van der Waals surface area contributed by atoms with Gasteiger partial charge in [0.1, 0.15) is 5.01 Å². The molecule has 7 nitrogen and oxygen atoms in total. The topological polar surface area (TPSA) is 98.7 Å². The Morgan fingerprint density at radius 2 is 2.25 bits per heavy atom. The summed E-state index contributed by atoms with van der Waals surface area (Å²) in [6.45, 7) is 0.313. The Hall–Kier alpha value is -1.84. The number of halogens is 1. The van der Waals surface area contributed by atoms with Crippen molar-refractivity contribution < 1.29 is 0 Å². The van der Waals surface area contributed by atoms with E-state index in [0.717, 1.165) is 4.47 Å². The van der Waals surface area contributed by atoms with E-state index in [1.54, 1.807) is 12.1 Å². The van der Waals surface area contributed by atoms with Crippen molar-refractivity contribution in [2.45, 2.75) is 6.54 Å². The summed E-state index contributed by atoms with van der Waals surface area (Å²) in [6.07, 6.45) is 1.51. The monoisotopic (exact) mass is 352 g/mol. The molecule has 3 N–H and O–H groups in total. The fourth-order valence-corrected chi connectivity index (χ4v) is 2.78. The van der Waals surface area contributed by atoms with E-state index in [4.69, 9.17) is 5.84 Å². The Kier molecular flexibility index (Phi) is 3.47. The van der Waals surface area contributed by atoms with Crippen LogP contribution in [0.3, 0.4) is 0 Å². The van der Waals surface area contributed by atoms with Gasteiger partial charge in [0.2, 0.25) is 5.13 Å². The number of nitrogens with zero attached hydrogens (tertiary/aromatic N) is 4. The Balaban J connectivity index is 2.03. The minimum absolute atomic E-state index is 0.117. The molecule has 0 aliphatic heterocycles. The quantitative estimate of drug-likeness (QED) is 0.545. The molecule has 20 heavy (non-hydrogen) atoms. The zero-order chi connectivity index (χ0) is 14.1. The van der Waals surface area contributed by atoms with E-state index in [0.29, 0.717) is 27.6 Å². The number of hydrazine groups is 1. The molecule has 1 aromatic carbocycles. The molecule has 0 fully saturated rings. The number of anilines is 1. The molecule has 9 heteroatoms. The molecule has 0 unspecified atom stereocenters. The molecule has 3 rings (SSSR count). The van der Waals surface area contributed by atoms with Crippen LogP contribution in [0.2, 0.25) is 0 Å². The zero-order valence-electron chi connectivity index (χ0n) is 10.1. The second kappa shape index (κ2) is 5.27. The first-order chi connectivity index (χ1) is 9.67. The zero-order valence-corrected chi connectivity index (χ0v) is 12.5. The van der Waals surface area contributed by atoms with Gasteiger partial charge >= 0.3 is 0 Å². The van der Waals surface area contributed by atoms with Crippen LogP contribution in [0.4, 0.5) is 5.13 Å². The number of nitrogen functional groups attached to an aromatic ring is 1. The first-order valence-electron chi connectivity index (χ1n) is 5.61. The van der Waals surface area contributed by atoms with Crippen molar-refractivity contribution in [3.63, 3.8) is 0 Å². The molecule has 0 bridgehead atoms. The number of hydrogen-bond donors (Lipinski definition) is 2. The molecule has 0 radical (unpaired) electrons. The Bertz CT molecular complexity index is 829. The van der Waals surface area contributed by atoms with Gasteiger partial charge in [0.05, 0.1) is 23.8 Å². The van der Waals surface area contributed by atoms with Gasteiger partial charge in [0.25, 0.3) is 5.56 Å². The molecule has 2 heterocycles. The average Bonchev–Trinajstić information content (AvgIpc) is 2.90. The molecular formula is C11H9BrN6OS. The van der Waals surface area contributed by atoms with Gasteiger partial charge in [-0.15, -0.1) is 10.2 Å². The van der Waals surface area contributed by atoms with Crippen molar-refractivity contribution in [3.8, 4) is 0 Å². The Labute approximate surface area is 125 Å². The maximum Gasteiger partial charge on any atom is 0.261 e. The summed E-state index contributed by atoms with van der Waals surface area (Å²) < 4.78 is 2.34. The SMILES string of the molecule is NNc1nnc(Cn2cnc3ccc(Br)cc3c2=O)s1. The molecule has 0 atom stereocenters. The number of hydrogen-bond acceptors (Lipinski definition) is 7. The highest BCUT2D eigenvalue weighted by Crippen LogP contribution is 2.16. The minimum atomic E-state index is -0.117. The second-order valence-corrected chi connectivity index (χ2v) is 5.96. The largest absolute Gasteiger partial charge is 0.298 e. The summed E-state index contributed by atoms with van der Waals surface area (Å²) in [4.78, 5) is 16.6. The van der Waals surface area contributed by atoms with Gasteiger partial charge in [0, 0.05) is 4.47 Å². The molecule has 0 aliphatic carbocycles. The van der Waals surface area contributed by atoms with Crippen LogP contribution in [0.1, 0.15) is 5.01 Å². The van der Waals surface area contributed by atoms with E-state index in [2.05, 4.69) is 36.5 Å². The van der Waals surface area contributed by atoms with Crippen LogP contribution in [0.5, 0.6) is 0 Å². The fraction of sp³-hybridized carbons (Fsp3) is 0.0909. The van der Waals surface area contributed by atoms with E-state index in [1.807, 2.05) is 6.07 Å². The van der Waals surface area contributed by atoms with Gasteiger partial charge in [-0.3, -0.25) is 14.8 Å². The van der Waals surface area contributed by atoms with Crippen LogP contribution in [0.15, 0.2) is 33.8 Å². The first kappa shape index (κ1) is 13.2. The lowest BCUT2D eigenvalue weighted by Gasteiger charge is -2.04. The molecule has 0 saturated heterocycles. The lowest BCUT2D eigenvalue weighted by molar-refractivity contribution is 0.734. The van der Waals surface area contributed by atoms with Crippen molar-refractivity contribution in [3.05, 3.63) is 44.4 Å². The van der Waals surface area contributed by atoms with Gasteiger partial charge < -0.3 is 0 Å². The molecule has 2 aromatic heterocycles. The number of fused-ring (bicyclic) bond motifs is 1. The smallest absolute Gasteiger partial charge is 0.261 e. The van der Waals surface area contributed by atoms with Crippen LogP contribution in [0, 0.1) is 0 Å². The third-order valence-corrected chi connectivity index (χ3v) is 4.01. The van der Waals surface area contributed by atoms with Crippen LogP contribution in [-0.4, -0.2) is 19.7 Å². The summed E-state index contributed by atoms with van der Waals surface area (Å²) >= 11 is 4.64. The van der Waals surface area contributed by atoms with Gasteiger partial charge in [-0.05, 0) is 18.2 Å². The number of nitrogens with two attached hydrogens (primary N) is 1. The fourth-order valence-electron chi connectivity index (χ4n) is 1.77. The molecule has 0 saturated carbocycles. The van der Waals surface area contributed by atoms with Crippen molar-refractivity contribution in [1.82, 2.24) is 19.7 Å². The maximum absolute atomic E-state index is 12.4. The third-order valence-electron chi connectivity index (χ3n) is 2.68. The van der Waals surface area contributed by atoms with Gasteiger partial charge in [-0.2, -0.15) is 0 Å². The predicted octanol–water partition coefficient (Wildman–Crippen LogP) is 1.34. The van der Waals surface area contributed by atoms with E-state index < -0.39 is 0 Å². The predicted molar refractivity (Wildman–Crippen MR) is 80.5 cm³/mol. The number of rotatable bonds is 3. The van der Waals surface area contributed by atoms with Crippen LogP contribution in [-0.2, 0) is 6.54 Å². The second-order valence-electron chi connectivity index (χ2n) is 3.98. The van der Waals surface area contributed by atoms with Gasteiger partial charge in [-0.1, -0.05) is 27.3 Å². The summed E-state index contributed by atoms with van der Waals surface area (Å²) in [5.41, 5.74) is 2.97. The number of benzene rings is 1. The summed E-state index contributed by atoms with van der Waals surface area (Å²) in [5.74, 6) is 5.25. The lowest BCUT2D eigenvalue weighted by Crippen LogP contribution is -2.21. The molecule has 0 aliphatic rings. The standard InChI is InChI=1S/C11H9BrN6OS/c12-6-1-2-8-7(3-6)10(19)18(5-14-8)4-9-16-17-11(15-13)20-9/h1-3,5H,4,13H2,(H,15,17). The first-order valence-corrected chi connectivity index (χ1v) is 7.22. The molecule has 3 aromatic rings. The summed E-state index contributed by atoms with van der Waals surface area (Å²) in [7, 11) is 0. The molecule has 102 valence electrons. The third kappa shape index (κ3) is 2.42. The van der Waals surface area contributed by atoms with Crippen LogP contribution < -0.4 is 16.8 Å². The Morgan fingerprint density at radius 3 is 3.00 bits per heavy atom. The van der Waals surface area contributed by atoms with Crippen LogP contribution in [0.25, 0.3) is 10.9 Å². The summed E-state index contributed by atoms with van der Waals surface area (Å²) in [5, 5.41) is 9.52. The highest BCUT2D eigenvalue weighted by molar-refractivity contribution is 9.10. The normalized spacial score (nSPS) is 10.9. The van der Waals surface area contributed by atoms with E-state index in [-0.39, 0.29) is 5.56 Å². The van der Waals surface area contributed by atoms with Crippen molar-refractivity contribution in [2.75, 3.05) is 5.43 Å². The number of nitrogens with one attached hydrogen (secondary N) is 1. The van der Waals surface area contributed by atoms with Crippen molar-refractivity contribution in [1.29, 1.82) is 0 Å². The maximum atomic E-state index is 12.4. The van der Waals surface area contributed by atoms with Gasteiger partial charge in [-0.25, -0.2) is 10.8 Å².